The number of nitrogens with zero attached hydrogens (tertiary/aromatic N) is 2. The lowest BCUT2D eigenvalue weighted by atomic mass is 10.1. The standard InChI is InChI=1S/C25H23N3O2S/c1-16-8-6-11-21(14-16)28-23-13-5-4-12-22(23)27-25(28)31-18(3)24(30)26-20-10-7-9-19(15-20)17(2)29/h4-15,18H,1-3H3,(H,26,30)/t18-/m0/s1. The van der Waals surface area contributed by atoms with Crippen molar-refractivity contribution in [2.45, 2.75) is 31.2 Å². The van der Waals surface area contributed by atoms with E-state index in [0.717, 1.165) is 27.4 Å². The highest BCUT2D eigenvalue weighted by molar-refractivity contribution is 8.00. The normalized spacial score (nSPS) is 12.0. The molecule has 3 aromatic carbocycles. The number of rotatable bonds is 6. The van der Waals surface area contributed by atoms with Gasteiger partial charge in [0.15, 0.2) is 10.9 Å². The molecule has 5 nitrogen and oxygen atoms in total. The number of nitrogens with one attached hydrogen (secondary N) is 1. The Hall–Kier alpha value is -3.38. The predicted octanol–water partition coefficient (Wildman–Crippen LogP) is 5.66. The van der Waals surface area contributed by atoms with E-state index in [9.17, 15) is 9.59 Å². The van der Waals surface area contributed by atoms with Gasteiger partial charge in [0.25, 0.3) is 0 Å². The van der Waals surface area contributed by atoms with E-state index in [-0.39, 0.29) is 16.9 Å². The molecular weight excluding hydrogens is 406 g/mol. The molecule has 0 saturated heterocycles. The van der Waals surface area contributed by atoms with Crippen LogP contribution in [0.1, 0.15) is 29.8 Å². The summed E-state index contributed by atoms with van der Waals surface area (Å²) >= 11 is 1.41. The molecule has 0 radical (unpaired) electrons. The molecule has 0 aliphatic carbocycles. The Bertz CT molecular complexity index is 1280. The van der Waals surface area contributed by atoms with E-state index in [1.165, 1.54) is 18.7 Å². The van der Waals surface area contributed by atoms with Crippen molar-refractivity contribution in [3.63, 3.8) is 0 Å². The molecule has 1 amide bonds. The summed E-state index contributed by atoms with van der Waals surface area (Å²) in [4.78, 5) is 29.3. The maximum absolute atomic E-state index is 12.9. The first kappa shape index (κ1) is 20.9. The van der Waals surface area contributed by atoms with Crippen molar-refractivity contribution in [1.29, 1.82) is 0 Å². The molecule has 0 unspecified atom stereocenters. The lowest BCUT2D eigenvalue weighted by molar-refractivity contribution is -0.115. The number of aromatic nitrogens is 2. The van der Waals surface area contributed by atoms with Crippen LogP contribution in [0, 0.1) is 6.92 Å². The maximum atomic E-state index is 12.9. The van der Waals surface area contributed by atoms with Crippen LogP contribution in [0.15, 0.2) is 78.0 Å². The Morgan fingerprint density at radius 3 is 2.55 bits per heavy atom. The number of ketones is 1. The van der Waals surface area contributed by atoms with Crippen LogP contribution in [-0.4, -0.2) is 26.5 Å². The topological polar surface area (TPSA) is 64.0 Å². The average molecular weight is 430 g/mol. The quantitative estimate of drug-likeness (QED) is 0.317. The lowest BCUT2D eigenvalue weighted by Crippen LogP contribution is -2.23. The summed E-state index contributed by atoms with van der Waals surface area (Å²) in [6.07, 6.45) is 0. The molecule has 0 spiro atoms. The van der Waals surface area contributed by atoms with Crippen molar-refractivity contribution in [2.75, 3.05) is 5.32 Å². The second-order valence-electron chi connectivity index (χ2n) is 7.44. The zero-order chi connectivity index (χ0) is 22.0. The van der Waals surface area contributed by atoms with Gasteiger partial charge >= 0.3 is 0 Å². The number of fused-ring (bicyclic) bond motifs is 1. The van der Waals surface area contributed by atoms with Gasteiger partial charge in [-0.05, 0) is 62.7 Å². The first-order valence-electron chi connectivity index (χ1n) is 10.1. The van der Waals surface area contributed by atoms with E-state index in [2.05, 4.69) is 28.9 Å². The molecule has 31 heavy (non-hydrogen) atoms. The monoisotopic (exact) mass is 429 g/mol. The number of hydrogen-bond acceptors (Lipinski definition) is 4. The molecule has 1 aromatic heterocycles. The number of anilines is 1. The molecule has 4 rings (SSSR count). The number of amides is 1. The fourth-order valence-electron chi connectivity index (χ4n) is 3.37. The van der Waals surface area contributed by atoms with Gasteiger partial charge in [-0.25, -0.2) is 4.98 Å². The van der Waals surface area contributed by atoms with Crippen molar-refractivity contribution in [3.05, 3.63) is 83.9 Å². The van der Waals surface area contributed by atoms with E-state index in [0.29, 0.717) is 11.3 Å². The molecular formula is C25H23N3O2S. The van der Waals surface area contributed by atoms with E-state index in [1.807, 2.05) is 43.3 Å². The minimum Gasteiger partial charge on any atom is -0.325 e. The van der Waals surface area contributed by atoms with E-state index < -0.39 is 0 Å². The van der Waals surface area contributed by atoms with Crippen LogP contribution in [0.3, 0.4) is 0 Å². The van der Waals surface area contributed by atoms with Crippen molar-refractivity contribution in [1.82, 2.24) is 9.55 Å². The Labute approximate surface area is 185 Å². The molecule has 0 saturated carbocycles. The molecule has 1 atom stereocenters. The number of carbonyl (C=O) groups excluding carboxylic acids is 2. The number of aryl methyl sites for hydroxylation is 1. The van der Waals surface area contributed by atoms with Gasteiger partial charge < -0.3 is 5.32 Å². The average Bonchev–Trinajstić information content (AvgIpc) is 3.11. The minimum absolute atomic E-state index is 0.0367. The summed E-state index contributed by atoms with van der Waals surface area (Å²) < 4.78 is 2.09. The Balaban J connectivity index is 1.62. The van der Waals surface area contributed by atoms with Gasteiger partial charge in [0.05, 0.1) is 16.3 Å². The number of Topliss-reactive ketones (excluding diaryl/α,β-unsaturated/α-hetero) is 1. The number of thioether (sulfide) groups is 1. The van der Waals surface area contributed by atoms with Gasteiger partial charge in [0, 0.05) is 16.9 Å². The first-order chi connectivity index (χ1) is 14.9. The van der Waals surface area contributed by atoms with Crippen molar-refractivity contribution < 1.29 is 9.59 Å². The smallest absolute Gasteiger partial charge is 0.237 e. The highest BCUT2D eigenvalue weighted by Crippen LogP contribution is 2.31. The molecule has 0 bridgehead atoms. The molecule has 156 valence electrons. The van der Waals surface area contributed by atoms with Crippen molar-refractivity contribution >= 4 is 40.2 Å². The number of para-hydroxylation sites is 2. The second kappa shape index (κ2) is 8.78. The van der Waals surface area contributed by atoms with Crippen LogP contribution in [0.4, 0.5) is 5.69 Å². The van der Waals surface area contributed by atoms with Crippen LogP contribution in [0.2, 0.25) is 0 Å². The van der Waals surface area contributed by atoms with Crippen molar-refractivity contribution in [3.8, 4) is 5.69 Å². The van der Waals surface area contributed by atoms with Crippen LogP contribution in [0.5, 0.6) is 0 Å². The number of benzene rings is 3. The van der Waals surface area contributed by atoms with Crippen molar-refractivity contribution in [2.24, 2.45) is 0 Å². The first-order valence-corrected chi connectivity index (χ1v) is 10.9. The fourth-order valence-corrected chi connectivity index (χ4v) is 4.31. The summed E-state index contributed by atoms with van der Waals surface area (Å²) in [5.74, 6) is -0.182. The summed E-state index contributed by atoms with van der Waals surface area (Å²) in [7, 11) is 0. The summed E-state index contributed by atoms with van der Waals surface area (Å²) in [5, 5.41) is 3.28. The minimum atomic E-state index is -0.388. The zero-order valence-corrected chi connectivity index (χ0v) is 18.4. The van der Waals surface area contributed by atoms with Gasteiger partial charge in [0.1, 0.15) is 0 Å². The molecule has 0 aliphatic rings. The van der Waals surface area contributed by atoms with Crippen LogP contribution < -0.4 is 5.32 Å². The van der Waals surface area contributed by atoms with Gasteiger partial charge in [0.2, 0.25) is 5.91 Å². The molecule has 4 aromatic rings. The third kappa shape index (κ3) is 4.54. The number of carbonyl (C=O) groups is 2. The summed E-state index contributed by atoms with van der Waals surface area (Å²) in [6, 6.07) is 23.2. The van der Waals surface area contributed by atoms with Gasteiger partial charge in [-0.2, -0.15) is 0 Å². The van der Waals surface area contributed by atoms with Gasteiger partial charge in [-0.15, -0.1) is 0 Å². The lowest BCUT2D eigenvalue weighted by Gasteiger charge is -2.14. The number of hydrogen-bond donors (Lipinski definition) is 1. The Morgan fingerprint density at radius 1 is 1.00 bits per heavy atom. The van der Waals surface area contributed by atoms with Gasteiger partial charge in [-0.1, -0.05) is 48.2 Å². The second-order valence-corrected chi connectivity index (χ2v) is 8.75. The van der Waals surface area contributed by atoms with E-state index >= 15 is 0 Å². The Kier molecular flexibility index (Phi) is 5.91. The summed E-state index contributed by atoms with van der Waals surface area (Å²) in [6.45, 7) is 5.42. The SMILES string of the molecule is CC(=O)c1cccc(NC(=O)[C@H](C)Sc2nc3ccccc3n2-c2cccc(C)c2)c1. The predicted molar refractivity (Wildman–Crippen MR) is 126 cm³/mol. The van der Waals surface area contributed by atoms with Crippen LogP contribution in [0.25, 0.3) is 16.7 Å². The van der Waals surface area contributed by atoms with Crippen LogP contribution >= 0.6 is 11.8 Å². The van der Waals surface area contributed by atoms with E-state index in [4.69, 9.17) is 4.98 Å². The highest BCUT2D eigenvalue weighted by atomic mass is 32.2. The molecule has 1 heterocycles. The zero-order valence-electron chi connectivity index (χ0n) is 17.6. The maximum Gasteiger partial charge on any atom is 0.237 e. The third-order valence-corrected chi connectivity index (χ3v) is 6.03. The third-order valence-electron chi connectivity index (χ3n) is 4.98. The number of imidazole rings is 1. The largest absolute Gasteiger partial charge is 0.325 e. The van der Waals surface area contributed by atoms with Gasteiger partial charge in [-0.3, -0.25) is 14.2 Å². The Morgan fingerprint density at radius 2 is 1.77 bits per heavy atom. The molecule has 0 aliphatic heterocycles. The molecule has 1 N–H and O–H groups in total. The fraction of sp³-hybridized carbons (Fsp3) is 0.160. The van der Waals surface area contributed by atoms with Crippen LogP contribution in [-0.2, 0) is 4.79 Å². The molecule has 0 fully saturated rings. The highest BCUT2D eigenvalue weighted by Gasteiger charge is 2.20. The van der Waals surface area contributed by atoms with E-state index in [1.54, 1.807) is 24.3 Å². The summed E-state index contributed by atoms with van der Waals surface area (Å²) in [5.41, 5.74) is 5.22. The molecule has 6 heteroatoms.